The van der Waals surface area contributed by atoms with E-state index >= 15 is 0 Å². The Kier molecular flexibility index (Phi) is 4.71. The molecule has 1 saturated carbocycles. The molecule has 1 unspecified atom stereocenters. The van der Waals surface area contributed by atoms with E-state index in [-0.39, 0.29) is 11.9 Å². The minimum Gasteiger partial charge on any atom is -0.360 e. The lowest BCUT2D eigenvalue weighted by molar-refractivity contribution is 0.0914. The second-order valence-corrected chi connectivity index (χ2v) is 10.2. The molecule has 27 heavy (non-hydrogen) atoms. The molecule has 3 aliphatic rings. The van der Waals surface area contributed by atoms with Crippen LogP contribution in [0.5, 0.6) is 0 Å². The van der Waals surface area contributed by atoms with Crippen LogP contribution in [-0.2, 0) is 10.0 Å². The lowest BCUT2D eigenvalue weighted by atomic mass is 10.0. The summed E-state index contributed by atoms with van der Waals surface area (Å²) in [6, 6.07) is 1.66. The maximum absolute atomic E-state index is 13.0. The third-order valence-corrected chi connectivity index (χ3v) is 8.20. The van der Waals surface area contributed by atoms with Crippen LogP contribution in [0.25, 0.3) is 0 Å². The molecule has 1 saturated heterocycles. The number of hydrogen-bond acceptors (Lipinski definition) is 5. The van der Waals surface area contributed by atoms with Crippen molar-refractivity contribution in [3.63, 3.8) is 0 Å². The number of aromatic nitrogens is 1. The molecule has 146 valence electrons. The van der Waals surface area contributed by atoms with Crippen molar-refractivity contribution in [1.29, 1.82) is 0 Å². The highest BCUT2D eigenvalue weighted by Crippen LogP contribution is 2.40. The van der Waals surface area contributed by atoms with Crippen molar-refractivity contribution in [1.82, 2.24) is 14.8 Å². The highest BCUT2D eigenvalue weighted by Gasteiger charge is 2.42. The molecular formula is C19H25N3O4S. The van der Waals surface area contributed by atoms with Gasteiger partial charge in [-0.05, 0) is 39.0 Å². The lowest BCUT2D eigenvalue weighted by Crippen LogP contribution is -2.51. The number of allylic oxidation sites excluding steroid dienone is 3. The van der Waals surface area contributed by atoms with E-state index in [2.05, 4.69) is 10.5 Å². The van der Waals surface area contributed by atoms with E-state index in [1.54, 1.807) is 29.4 Å². The van der Waals surface area contributed by atoms with Crippen LogP contribution in [0.4, 0.5) is 0 Å². The average molecular weight is 391 g/mol. The van der Waals surface area contributed by atoms with Gasteiger partial charge in [-0.1, -0.05) is 29.5 Å². The molecule has 2 heterocycles. The minimum atomic E-state index is -3.43. The summed E-state index contributed by atoms with van der Waals surface area (Å²) in [5.74, 6) is 0.945. The zero-order valence-electron chi connectivity index (χ0n) is 15.4. The van der Waals surface area contributed by atoms with E-state index in [1.165, 1.54) is 0 Å². The maximum Gasteiger partial charge on any atom is 0.273 e. The predicted octanol–water partition coefficient (Wildman–Crippen LogP) is 2.35. The molecular weight excluding hydrogens is 366 g/mol. The van der Waals surface area contributed by atoms with Crippen LogP contribution in [0.2, 0.25) is 0 Å². The Morgan fingerprint density at radius 3 is 2.63 bits per heavy atom. The quantitative estimate of drug-likeness (QED) is 0.832. The highest BCUT2D eigenvalue weighted by molar-refractivity contribution is 7.90. The number of amides is 1. The van der Waals surface area contributed by atoms with Crippen molar-refractivity contribution in [2.75, 3.05) is 13.1 Å². The van der Waals surface area contributed by atoms with Gasteiger partial charge in [0, 0.05) is 31.1 Å². The fourth-order valence-corrected chi connectivity index (χ4v) is 5.49. The predicted molar refractivity (Wildman–Crippen MR) is 101 cm³/mol. The molecule has 1 aromatic rings. The number of sulfonamides is 1. The number of nitrogens with one attached hydrogen (secondary N) is 1. The van der Waals surface area contributed by atoms with Crippen LogP contribution in [0.1, 0.15) is 61.2 Å². The van der Waals surface area contributed by atoms with Gasteiger partial charge in [-0.3, -0.25) is 4.79 Å². The molecule has 0 bridgehead atoms. The number of rotatable bonds is 5. The molecule has 8 heteroatoms. The second-order valence-electron chi connectivity index (χ2n) is 7.84. The Morgan fingerprint density at radius 2 is 2.00 bits per heavy atom. The van der Waals surface area contributed by atoms with Gasteiger partial charge in [0.05, 0.1) is 0 Å². The Hall–Kier alpha value is -1.93. The smallest absolute Gasteiger partial charge is 0.273 e. The summed E-state index contributed by atoms with van der Waals surface area (Å²) in [5, 5.41) is 6.82. The monoisotopic (exact) mass is 391 g/mol. The van der Waals surface area contributed by atoms with Gasteiger partial charge in [-0.15, -0.1) is 0 Å². The first-order valence-electron chi connectivity index (χ1n) is 9.51. The van der Waals surface area contributed by atoms with Crippen molar-refractivity contribution < 1.29 is 17.7 Å². The molecule has 0 spiro atoms. The van der Waals surface area contributed by atoms with Gasteiger partial charge in [0.15, 0.2) is 5.69 Å². The van der Waals surface area contributed by atoms with Crippen LogP contribution in [0.15, 0.2) is 34.9 Å². The van der Waals surface area contributed by atoms with E-state index in [0.29, 0.717) is 44.0 Å². The van der Waals surface area contributed by atoms with Crippen molar-refractivity contribution in [3.8, 4) is 0 Å². The first-order valence-corrected chi connectivity index (χ1v) is 10.9. The van der Waals surface area contributed by atoms with Gasteiger partial charge < -0.3 is 9.84 Å². The molecule has 1 atom stereocenters. The first kappa shape index (κ1) is 18.4. The van der Waals surface area contributed by atoms with Crippen molar-refractivity contribution in [3.05, 3.63) is 41.8 Å². The van der Waals surface area contributed by atoms with Crippen molar-refractivity contribution >= 4 is 15.9 Å². The summed E-state index contributed by atoms with van der Waals surface area (Å²) in [7, 11) is -3.43. The molecule has 0 radical (unpaired) electrons. The van der Waals surface area contributed by atoms with Crippen LogP contribution < -0.4 is 5.32 Å². The van der Waals surface area contributed by atoms with E-state index in [4.69, 9.17) is 4.52 Å². The summed E-state index contributed by atoms with van der Waals surface area (Å²) in [6.45, 7) is 2.58. The van der Waals surface area contributed by atoms with Crippen LogP contribution >= 0.6 is 0 Å². The van der Waals surface area contributed by atoms with Gasteiger partial charge in [0.1, 0.15) is 10.5 Å². The van der Waals surface area contributed by atoms with Crippen molar-refractivity contribution in [2.24, 2.45) is 0 Å². The molecule has 2 aliphatic carbocycles. The van der Waals surface area contributed by atoms with Crippen LogP contribution in [0, 0.1) is 0 Å². The average Bonchev–Trinajstić information content (AvgIpc) is 3.39. The van der Waals surface area contributed by atoms with Gasteiger partial charge in [-0.2, -0.15) is 0 Å². The molecule has 1 aromatic heterocycles. The highest BCUT2D eigenvalue weighted by atomic mass is 32.2. The third kappa shape index (κ3) is 3.60. The molecule has 7 nitrogen and oxygen atoms in total. The Bertz CT molecular complexity index is 877. The maximum atomic E-state index is 13.0. The summed E-state index contributed by atoms with van der Waals surface area (Å²) < 4.78 is 31.9. The van der Waals surface area contributed by atoms with Gasteiger partial charge in [-0.25, -0.2) is 12.7 Å². The molecule has 1 amide bonds. The molecule has 1 aliphatic heterocycles. The fraction of sp³-hybridized carbons (Fsp3) is 0.579. The lowest BCUT2D eigenvalue weighted by Gasteiger charge is -2.37. The fourth-order valence-electron chi connectivity index (χ4n) is 3.65. The first-order chi connectivity index (χ1) is 12.9. The summed E-state index contributed by atoms with van der Waals surface area (Å²) in [5.41, 5.74) is 0.304. The summed E-state index contributed by atoms with van der Waals surface area (Å²) >= 11 is 0. The molecule has 4 rings (SSSR count). The molecule has 1 N–H and O–H groups in total. The zero-order valence-corrected chi connectivity index (χ0v) is 16.2. The van der Waals surface area contributed by atoms with Gasteiger partial charge in [0.25, 0.3) is 5.91 Å². The largest absolute Gasteiger partial charge is 0.360 e. The SMILES string of the molecule is CC1(S(=O)(=O)N2CCC(NC(=O)c3cc(C4CC4)on3)CC2)C=CC=CC1. The van der Waals surface area contributed by atoms with Crippen LogP contribution in [-0.4, -0.2) is 47.7 Å². The van der Waals surface area contributed by atoms with E-state index in [9.17, 15) is 13.2 Å². The van der Waals surface area contributed by atoms with Crippen molar-refractivity contribution in [2.45, 2.75) is 55.7 Å². The minimum absolute atomic E-state index is 0.0559. The Morgan fingerprint density at radius 1 is 1.26 bits per heavy atom. The zero-order chi connectivity index (χ0) is 19.1. The number of piperidine rings is 1. The van der Waals surface area contributed by atoms with E-state index in [1.807, 2.05) is 12.2 Å². The number of carbonyl (C=O) groups is 1. The van der Waals surface area contributed by atoms with Gasteiger partial charge >= 0.3 is 0 Å². The van der Waals surface area contributed by atoms with E-state index < -0.39 is 14.8 Å². The topological polar surface area (TPSA) is 92.5 Å². The number of carbonyl (C=O) groups excluding carboxylic acids is 1. The standard InChI is InChI=1S/C19H25N3O4S/c1-19(9-3-2-4-10-19)27(24,25)22-11-7-15(8-12-22)20-18(23)16-13-17(26-21-16)14-5-6-14/h2-4,9,13-15H,5-8,10-12H2,1H3,(H,20,23). The Balaban J connectivity index is 1.33. The second kappa shape index (κ2) is 6.91. The summed E-state index contributed by atoms with van der Waals surface area (Å²) in [4.78, 5) is 12.4. The number of hydrogen-bond donors (Lipinski definition) is 1. The van der Waals surface area contributed by atoms with E-state index in [0.717, 1.165) is 18.6 Å². The van der Waals surface area contributed by atoms with Crippen LogP contribution in [0.3, 0.4) is 0 Å². The summed E-state index contributed by atoms with van der Waals surface area (Å²) in [6.07, 6.45) is 11.2. The molecule has 2 fully saturated rings. The normalized spacial score (nSPS) is 27.0. The Labute approximate surface area is 159 Å². The third-order valence-electron chi connectivity index (χ3n) is 5.68. The van der Waals surface area contributed by atoms with Gasteiger partial charge in [0.2, 0.25) is 10.0 Å². The number of nitrogens with zero attached hydrogens (tertiary/aromatic N) is 2. The molecule has 0 aromatic carbocycles.